The highest BCUT2D eigenvalue weighted by molar-refractivity contribution is 5.94. The molecule has 0 aliphatic heterocycles. The molecule has 0 aliphatic rings. The Kier molecular flexibility index (Phi) is 21.7. The van der Waals surface area contributed by atoms with Crippen LogP contribution in [-0.2, 0) is 12.8 Å². The Hall–Kier alpha value is -6.16. The van der Waals surface area contributed by atoms with Crippen molar-refractivity contribution in [3.8, 4) is 23.0 Å². The number of carbonyl (C=O) groups is 4. The van der Waals surface area contributed by atoms with Crippen LogP contribution in [0.15, 0.2) is 103 Å². The smallest absolute Gasteiger partial charge is 0.346 e. The lowest BCUT2D eigenvalue weighted by molar-refractivity contribution is 0.0719. The number of hydrogen-bond acceptors (Lipinski definition) is 8. The summed E-state index contributed by atoms with van der Waals surface area (Å²) >= 11 is 0. The number of hydrogen-bond donors (Lipinski definition) is 0. The number of unbranched alkanes of at least 4 members (excludes halogenated alkanes) is 16. The third kappa shape index (κ3) is 17.2. The van der Waals surface area contributed by atoms with Crippen molar-refractivity contribution in [3.63, 3.8) is 0 Å². The van der Waals surface area contributed by atoms with Gasteiger partial charge in [0.2, 0.25) is 0 Å². The predicted octanol–water partition coefficient (Wildman–Crippen LogP) is 15.3. The van der Waals surface area contributed by atoms with Crippen molar-refractivity contribution in [3.05, 3.63) is 154 Å². The van der Waals surface area contributed by atoms with Gasteiger partial charge in [-0.1, -0.05) is 147 Å². The van der Waals surface area contributed by atoms with E-state index in [9.17, 15) is 19.2 Å². The summed E-state index contributed by atoms with van der Waals surface area (Å²) in [5.41, 5.74) is 2.24. The Bertz CT molecular complexity index is 2190. The molecule has 0 aromatic heterocycles. The molecule has 5 rings (SSSR count). The largest absolute Gasteiger partial charge is 0.423 e. The monoisotopic (exact) mass is 916 g/mol. The highest BCUT2D eigenvalue weighted by atomic mass is 19.1. The Labute approximate surface area is 395 Å². The molecule has 0 saturated carbocycles. The van der Waals surface area contributed by atoms with Crippen LogP contribution in [0.4, 0.5) is 8.78 Å². The number of ether oxygens (including phenoxy) is 4. The van der Waals surface area contributed by atoms with Gasteiger partial charge < -0.3 is 18.9 Å². The van der Waals surface area contributed by atoms with Crippen molar-refractivity contribution in [2.24, 2.45) is 0 Å². The minimum absolute atomic E-state index is 0.0364. The maximum Gasteiger partial charge on any atom is 0.346 e. The zero-order chi connectivity index (χ0) is 47.8. The Morgan fingerprint density at radius 2 is 0.746 bits per heavy atom. The van der Waals surface area contributed by atoms with E-state index in [2.05, 4.69) is 13.8 Å². The van der Waals surface area contributed by atoms with E-state index >= 15 is 8.78 Å². The molecule has 0 N–H and O–H groups in total. The molecule has 356 valence electrons. The van der Waals surface area contributed by atoms with Crippen LogP contribution in [0.2, 0.25) is 0 Å². The second-order valence-corrected chi connectivity index (χ2v) is 17.3. The fourth-order valence-electron chi connectivity index (χ4n) is 7.80. The van der Waals surface area contributed by atoms with Gasteiger partial charge in [-0.3, -0.25) is 0 Å². The molecule has 0 unspecified atom stereocenters. The molecule has 5 aromatic rings. The van der Waals surface area contributed by atoms with Crippen LogP contribution < -0.4 is 18.9 Å². The molecule has 0 amide bonds. The van der Waals surface area contributed by atoms with Crippen molar-refractivity contribution in [1.82, 2.24) is 0 Å². The molecule has 0 aliphatic carbocycles. The number of halogens is 2. The van der Waals surface area contributed by atoms with E-state index in [4.69, 9.17) is 18.9 Å². The van der Waals surface area contributed by atoms with E-state index in [1.54, 1.807) is 24.3 Å². The van der Waals surface area contributed by atoms with E-state index < -0.39 is 46.6 Å². The van der Waals surface area contributed by atoms with Crippen LogP contribution in [0.1, 0.15) is 188 Å². The maximum absolute atomic E-state index is 15.2. The molecule has 8 nitrogen and oxygen atoms in total. The summed E-state index contributed by atoms with van der Waals surface area (Å²) in [6, 6.07) is 25.4. The van der Waals surface area contributed by atoms with Crippen LogP contribution in [0, 0.1) is 18.6 Å². The third-order valence-corrected chi connectivity index (χ3v) is 11.9. The van der Waals surface area contributed by atoms with Gasteiger partial charge in [0.05, 0.1) is 22.3 Å². The summed E-state index contributed by atoms with van der Waals surface area (Å²) in [6.45, 7) is 5.96. The Balaban J connectivity index is 1.06. The van der Waals surface area contributed by atoms with Crippen molar-refractivity contribution in [2.75, 3.05) is 0 Å². The van der Waals surface area contributed by atoms with Gasteiger partial charge in [-0.05, 0) is 104 Å². The molecule has 0 fully saturated rings. The van der Waals surface area contributed by atoms with E-state index in [1.807, 2.05) is 24.3 Å². The minimum Gasteiger partial charge on any atom is -0.423 e. The van der Waals surface area contributed by atoms with Crippen molar-refractivity contribution < 1.29 is 46.9 Å². The van der Waals surface area contributed by atoms with Crippen LogP contribution in [0.5, 0.6) is 23.0 Å². The van der Waals surface area contributed by atoms with Crippen LogP contribution >= 0.6 is 0 Å². The minimum atomic E-state index is -1.05. The molecule has 0 bridgehead atoms. The normalized spacial score (nSPS) is 11.0. The number of rotatable bonds is 28. The highest BCUT2D eigenvalue weighted by Gasteiger charge is 2.22. The van der Waals surface area contributed by atoms with Gasteiger partial charge >= 0.3 is 23.9 Å². The van der Waals surface area contributed by atoms with Gasteiger partial charge in [0.1, 0.15) is 34.6 Å². The second-order valence-electron chi connectivity index (χ2n) is 17.3. The zero-order valence-electron chi connectivity index (χ0n) is 39.5. The topological polar surface area (TPSA) is 105 Å². The van der Waals surface area contributed by atoms with E-state index in [0.717, 1.165) is 61.1 Å². The summed E-state index contributed by atoms with van der Waals surface area (Å²) in [5, 5.41) is 0. The van der Waals surface area contributed by atoms with Crippen molar-refractivity contribution in [1.29, 1.82) is 0 Å². The first-order valence-corrected chi connectivity index (χ1v) is 24.3. The Morgan fingerprint density at radius 3 is 1.09 bits per heavy atom. The number of aryl methyl sites for hydroxylation is 2. The lowest BCUT2D eigenvalue weighted by Gasteiger charge is -2.13. The average Bonchev–Trinajstić information content (AvgIpc) is 3.32. The average molecular weight is 917 g/mol. The third-order valence-electron chi connectivity index (χ3n) is 11.9. The fourth-order valence-corrected chi connectivity index (χ4v) is 7.80. The summed E-state index contributed by atoms with van der Waals surface area (Å²) in [4.78, 5) is 51.9. The van der Waals surface area contributed by atoms with Crippen LogP contribution in [0.25, 0.3) is 0 Å². The Morgan fingerprint density at radius 1 is 0.403 bits per heavy atom. The van der Waals surface area contributed by atoms with Crippen molar-refractivity contribution in [2.45, 2.75) is 149 Å². The fraction of sp³-hybridized carbons (Fsp3) is 0.404. The van der Waals surface area contributed by atoms with Gasteiger partial charge in [-0.25, -0.2) is 28.0 Å². The molecule has 0 radical (unpaired) electrons. The first-order chi connectivity index (χ1) is 32.6. The van der Waals surface area contributed by atoms with Gasteiger partial charge in [0.25, 0.3) is 0 Å². The zero-order valence-corrected chi connectivity index (χ0v) is 39.5. The van der Waals surface area contributed by atoms with E-state index in [-0.39, 0.29) is 28.6 Å². The standard InChI is InChI=1S/C57H66F2O8/c1-4-6-8-10-12-14-16-18-20-23-42-27-31-44(32-28-42)54(60)64-46-35-37-48(50(58)39-46)56(62)66-52-25-22-26-53(41(52)3)67-57(63)49-38-36-47(40-51(49)59)65-55(61)45-33-29-43(30-34-45)24-21-19-17-15-13-11-9-7-5-2/h22,25-40H,4-21,23-24H2,1-3H3. The van der Waals surface area contributed by atoms with Crippen LogP contribution in [0.3, 0.4) is 0 Å². The second kappa shape index (κ2) is 28.1. The first-order valence-electron chi connectivity index (χ1n) is 24.3. The van der Waals surface area contributed by atoms with Gasteiger partial charge in [0, 0.05) is 17.7 Å². The molecule has 0 spiro atoms. The number of carbonyl (C=O) groups excluding carboxylic acids is 4. The SMILES string of the molecule is CCCCCCCCCCCc1ccc(C(=O)Oc2ccc(C(=O)Oc3cccc(OC(=O)c4ccc(OC(=O)c5ccc(CCCCCCCCCCC)cc5)cc4F)c3C)c(F)c2)cc1. The number of benzene rings is 5. The quantitative estimate of drug-likeness (QED) is 0.0277. The molecule has 5 aromatic carbocycles. The lowest BCUT2D eigenvalue weighted by atomic mass is 10.0. The molecule has 67 heavy (non-hydrogen) atoms. The predicted molar refractivity (Wildman–Crippen MR) is 259 cm³/mol. The highest BCUT2D eigenvalue weighted by Crippen LogP contribution is 2.30. The first kappa shape index (κ1) is 51.8. The molecular formula is C57H66F2O8. The van der Waals surface area contributed by atoms with Gasteiger partial charge in [-0.15, -0.1) is 0 Å². The van der Waals surface area contributed by atoms with E-state index in [0.29, 0.717) is 11.1 Å². The molecule has 0 saturated heterocycles. The van der Waals surface area contributed by atoms with E-state index in [1.165, 1.54) is 140 Å². The van der Waals surface area contributed by atoms with Gasteiger partial charge in [0.15, 0.2) is 0 Å². The molecule has 0 atom stereocenters. The molecular weight excluding hydrogens is 851 g/mol. The summed E-state index contributed by atoms with van der Waals surface area (Å²) in [6.07, 6.45) is 24.4. The number of esters is 4. The molecule has 0 heterocycles. The summed E-state index contributed by atoms with van der Waals surface area (Å²) in [7, 11) is 0. The van der Waals surface area contributed by atoms with Crippen LogP contribution in [-0.4, -0.2) is 23.9 Å². The van der Waals surface area contributed by atoms with Gasteiger partial charge in [-0.2, -0.15) is 0 Å². The summed E-state index contributed by atoms with van der Waals surface area (Å²) in [5.74, 6) is -5.64. The summed E-state index contributed by atoms with van der Waals surface area (Å²) < 4.78 is 52.2. The lowest BCUT2D eigenvalue weighted by Crippen LogP contribution is -2.14. The maximum atomic E-state index is 15.2. The van der Waals surface area contributed by atoms with Crippen molar-refractivity contribution >= 4 is 23.9 Å². The molecule has 10 heteroatoms.